The lowest BCUT2D eigenvalue weighted by atomic mass is 9.81. The Morgan fingerprint density at radius 2 is 1.49 bits per heavy atom. The van der Waals surface area contributed by atoms with E-state index in [4.69, 9.17) is 0 Å². The van der Waals surface area contributed by atoms with Crippen molar-refractivity contribution in [1.82, 2.24) is 4.98 Å². The maximum atomic E-state index is 14.0. The average Bonchev–Trinajstić information content (AvgIpc) is 2.92. The number of pyridine rings is 1. The van der Waals surface area contributed by atoms with Gasteiger partial charge in [0.2, 0.25) is 16.8 Å². The first-order valence-corrected chi connectivity index (χ1v) is 14.9. The molecule has 4 rings (SSSR count). The number of likely N-dealkylation sites (N-methyl/N-ethyl adjacent to an activating group) is 1. The number of aromatic nitrogens is 1. The third-order valence-corrected chi connectivity index (χ3v) is 9.30. The van der Waals surface area contributed by atoms with Gasteiger partial charge in [0.05, 0.1) is 40.0 Å². The third kappa shape index (κ3) is 6.46. The summed E-state index contributed by atoms with van der Waals surface area (Å²) in [5.74, 6) is -2.13. The standard InChI is InChI=1S/C30H29F7N2O3S/c1-15-9-19(31)5-6-20(15)22-13-23(21-7-8-43-26(41)25(21)40)38-14-24(22)39(4)27(42)28(2,3)16-10-17(29(32,33)34)12-18(11-16)30(35,36)37/h5-6,9-14,21H,7-8H2,1-4H3,43H4. The zero-order valence-electron chi connectivity index (χ0n) is 23.6. The van der Waals surface area contributed by atoms with Crippen LogP contribution in [0.5, 0.6) is 0 Å². The van der Waals surface area contributed by atoms with Gasteiger partial charge in [-0.1, -0.05) is 6.07 Å². The SMILES string of the molecule is Cc1cc(F)ccc1-c1cc(C2CC[SH4]C(=O)C2=O)ncc1N(C)C(=O)C(C)(C)c1cc(C(F)(F)F)cc(C(F)(F)F)c1. The van der Waals surface area contributed by atoms with Crippen LogP contribution in [0.2, 0.25) is 0 Å². The van der Waals surface area contributed by atoms with Crippen molar-refractivity contribution >= 4 is 34.3 Å². The summed E-state index contributed by atoms with van der Waals surface area (Å²) in [7, 11) is 1.29. The molecule has 1 aliphatic rings. The minimum absolute atomic E-state index is 0.00832. The maximum absolute atomic E-state index is 14.0. The molecule has 0 aliphatic carbocycles. The largest absolute Gasteiger partial charge is 0.416 e. The zero-order chi connectivity index (χ0) is 32.1. The molecule has 1 unspecified atom stereocenters. The van der Waals surface area contributed by atoms with E-state index >= 15 is 0 Å². The highest BCUT2D eigenvalue weighted by atomic mass is 32.2. The number of ketones is 1. The highest BCUT2D eigenvalue weighted by molar-refractivity contribution is 8.15. The Balaban J connectivity index is 1.85. The molecule has 0 bridgehead atoms. The molecule has 0 N–H and O–H groups in total. The molecule has 1 fully saturated rings. The van der Waals surface area contributed by atoms with Crippen molar-refractivity contribution in [3.8, 4) is 11.1 Å². The third-order valence-electron chi connectivity index (χ3n) is 7.74. The van der Waals surface area contributed by atoms with E-state index in [0.717, 1.165) is 4.90 Å². The van der Waals surface area contributed by atoms with Crippen LogP contribution in [0.4, 0.5) is 36.4 Å². The van der Waals surface area contributed by atoms with E-state index in [-0.39, 0.29) is 17.4 Å². The number of carbonyl (C=O) groups is 3. The van der Waals surface area contributed by atoms with Gasteiger partial charge in [-0.2, -0.15) is 26.3 Å². The van der Waals surface area contributed by atoms with Crippen LogP contribution in [0.25, 0.3) is 11.1 Å². The first-order chi connectivity index (χ1) is 19.8. The molecular formula is C30H29F7N2O3S. The van der Waals surface area contributed by atoms with Gasteiger partial charge in [-0.05, 0) is 86.0 Å². The molecule has 1 amide bonds. The number of nitrogens with zero attached hydrogens (tertiary/aromatic N) is 2. The van der Waals surface area contributed by atoms with Crippen LogP contribution >= 0.6 is 11.8 Å². The minimum atomic E-state index is -5.10. The second-order valence-electron chi connectivity index (χ2n) is 11.1. The summed E-state index contributed by atoms with van der Waals surface area (Å²) >= 11 is -1.17. The number of halogens is 7. The van der Waals surface area contributed by atoms with E-state index in [0.29, 0.717) is 41.0 Å². The lowest BCUT2D eigenvalue weighted by Crippen LogP contribution is -2.42. The quantitative estimate of drug-likeness (QED) is 0.241. The second kappa shape index (κ2) is 11.4. The summed E-state index contributed by atoms with van der Waals surface area (Å²) in [6.07, 6.45) is -8.52. The van der Waals surface area contributed by atoms with Gasteiger partial charge in [-0.25, -0.2) is 4.39 Å². The van der Waals surface area contributed by atoms with Crippen molar-refractivity contribution in [3.63, 3.8) is 0 Å². The monoisotopic (exact) mass is 630 g/mol. The number of anilines is 1. The molecular weight excluding hydrogens is 601 g/mol. The Morgan fingerprint density at radius 3 is 2.05 bits per heavy atom. The summed E-state index contributed by atoms with van der Waals surface area (Å²) in [5.41, 5.74) is -3.91. The molecule has 1 aliphatic heterocycles. The first-order valence-electron chi connectivity index (χ1n) is 13.2. The van der Waals surface area contributed by atoms with E-state index in [1.54, 1.807) is 6.92 Å². The smallest absolute Gasteiger partial charge is 0.313 e. The fourth-order valence-electron chi connectivity index (χ4n) is 5.23. The first kappa shape index (κ1) is 32.2. The predicted octanol–water partition coefficient (Wildman–Crippen LogP) is 6.42. The normalized spacial score (nSPS) is 16.6. The molecule has 1 saturated heterocycles. The highest BCUT2D eigenvalue weighted by Gasteiger charge is 2.41. The van der Waals surface area contributed by atoms with Gasteiger partial charge >= 0.3 is 12.4 Å². The molecule has 0 spiro atoms. The Hall–Kier alpha value is -3.74. The topological polar surface area (TPSA) is 67.3 Å². The fraction of sp³-hybridized carbons (Fsp3) is 0.333. The van der Waals surface area contributed by atoms with E-state index in [2.05, 4.69) is 4.98 Å². The van der Waals surface area contributed by atoms with Crippen molar-refractivity contribution in [3.05, 3.63) is 82.4 Å². The lowest BCUT2D eigenvalue weighted by molar-refractivity contribution is -0.143. The average molecular weight is 631 g/mol. The number of amides is 1. The maximum Gasteiger partial charge on any atom is 0.416 e. The summed E-state index contributed by atoms with van der Waals surface area (Å²) < 4.78 is 95.3. The van der Waals surface area contributed by atoms with Crippen molar-refractivity contribution in [1.29, 1.82) is 0 Å². The van der Waals surface area contributed by atoms with E-state index in [9.17, 15) is 45.1 Å². The van der Waals surface area contributed by atoms with E-state index in [1.165, 1.54) is 51.4 Å². The van der Waals surface area contributed by atoms with Gasteiger partial charge in [0, 0.05) is 12.6 Å². The van der Waals surface area contributed by atoms with Crippen LogP contribution in [0, 0.1) is 12.7 Å². The molecule has 43 heavy (non-hydrogen) atoms. The number of carbonyl (C=O) groups excluding carboxylic acids is 3. The van der Waals surface area contributed by atoms with Crippen LogP contribution in [-0.2, 0) is 32.2 Å². The van der Waals surface area contributed by atoms with Gasteiger partial charge in [-0.15, -0.1) is 0 Å². The van der Waals surface area contributed by atoms with E-state index in [1.807, 2.05) is 0 Å². The lowest BCUT2D eigenvalue weighted by Gasteiger charge is -2.32. The minimum Gasteiger partial charge on any atom is -0.313 e. The van der Waals surface area contributed by atoms with Crippen LogP contribution in [0.1, 0.15) is 54.1 Å². The number of Topliss-reactive ketones (excluding diaryl/α,β-unsaturated/α-hetero) is 1. The Kier molecular flexibility index (Phi) is 8.53. The van der Waals surface area contributed by atoms with Crippen LogP contribution in [-0.4, -0.2) is 34.6 Å². The van der Waals surface area contributed by atoms with Crippen LogP contribution in [0.3, 0.4) is 0 Å². The molecule has 1 aromatic heterocycles. The number of benzene rings is 2. The molecule has 2 heterocycles. The predicted molar refractivity (Wildman–Crippen MR) is 153 cm³/mol. The number of hydrogen-bond donors (Lipinski definition) is 0. The molecule has 0 saturated carbocycles. The fourth-order valence-corrected chi connectivity index (χ4v) is 6.66. The molecule has 3 aromatic rings. The van der Waals surface area contributed by atoms with Crippen molar-refractivity contribution < 1.29 is 45.1 Å². The van der Waals surface area contributed by atoms with Crippen LogP contribution < -0.4 is 4.90 Å². The summed E-state index contributed by atoms with van der Waals surface area (Å²) in [5, 5.41) is -0.394. The van der Waals surface area contributed by atoms with Gasteiger partial charge in [0.1, 0.15) is 5.82 Å². The van der Waals surface area contributed by atoms with Crippen molar-refractivity contribution in [2.24, 2.45) is 0 Å². The Morgan fingerprint density at radius 1 is 0.907 bits per heavy atom. The van der Waals surface area contributed by atoms with Gasteiger partial charge < -0.3 is 4.90 Å². The Labute approximate surface area is 246 Å². The summed E-state index contributed by atoms with van der Waals surface area (Å²) in [6, 6.07) is 6.41. The number of hydrogen-bond acceptors (Lipinski definition) is 4. The zero-order valence-corrected chi connectivity index (χ0v) is 25.0. The van der Waals surface area contributed by atoms with Gasteiger partial charge in [0.15, 0.2) is 0 Å². The highest BCUT2D eigenvalue weighted by Crippen LogP contribution is 2.41. The number of aryl methyl sites for hydroxylation is 1. The molecule has 0 radical (unpaired) electrons. The number of rotatable bonds is 5. The summed E-state index contributed by atoms with van der Waals surface area (Å²) in [6.45, 7) is 4.03. The molecule has 232 valence electrons. The second-order valence-corrected chi connectivity index (χ2v) is 13.0. The van der Waals surface area contributed by atoms with Crippen molar-refractivity contribution in [2.45, 2.75) is 50.9 Å². The molecule has 5 nitrogen and oxygen atoms in total. The van der Waals surface area contributed by atoms with Crippen LogP contribution in [0.15, 0.2) is 48.7 Å². The van der Waals surface area contributed by atoms with Gasteiger partial charge in [-0.3, -0.25) is 31.1 Å². The molecule has 2 aromatic carbocycles. The Bertz CT molecular complexity index is 1580. The molecule has 1 atom stereocenters. The van der Waals surface area contributed by atoms with Crippen molar-refractivity contribution in [2.75, 3.05) is 17.7 Å². The number of alkyl halides is 6. The van der Waals surface area contributed by atoms with E-state index < -0.39 is 74.8 Å². The summed E-state index contributed by atoms with van der Waals surface area (Å²) in [4.78, 5) is 44.1. The molecule has 13 heteroatoms. The van der Waals surface area contributed by atoms with Gasteiger partial charge in [0.25, 0.3) is 0 Å².